The molecule has 0 saturated carbocycles. The molecule has 0 saturated heterocycles. The third kappa shape index (κ3) is 4.82. The zero-order valence-corrected chi connectivity index (χ0v) is 19.5. The summed E-state index contributed by atoms with van der Waals surface area (Å²) in [5.41, 5.74) is 2.77. The lowest BCUT2D eigenvalue weighted by atomic mass is 9.81. The second-order valence-electron chi connectivity index (χ2n) is 9.12. The fraction of sp³-hybridized carbons (Fsp3) is 0.462. The number of hydrogen-bond donors (Lipinski definition) is 2. The van der Waals surface area contributed by atoms with Crippen LogP contribution in [-0.4, -0.2) is 24.6 Å². The number of aryl methyl sites for hydroxylation is 1. The normalized spacial score (nSPS) is 18.7. The van der Waals surface area contributed by atoms with Crippen molar-refractivity contribution >= 4 is 23.3 Å². The number of rotatable bonds is 6. The molecular weight excluding hydrogens is 421 g/mol. The molecule has 4 rings (SSSR count). The molecule has 0 bridgehead atoms. The Balaban J connectivity index is 1.55. The van der Waals surface area contributed by atoms with E-state index in [1.807, 2.05) is 18.2 Å². The van der Waals surface area contributed by atoms with Crippen molar-refractivity contribution in [2.24, 2.45) is 0 Å². The van der Waals surface area contributed by atoms with E-state index in [9.17, 15) is 14.0 Å². The summed E-state index contributed by atoms with van der Waals surface area (Å²) in [6.07, 6.45) is 5.42. The van der Waals surface area contributed by atoms with Crippen LogP contribution in [0.1, 0.15) is 69.5 Å². The molecule has 2 aromatic carbocycles. The molecule has 7 heteroatoms. The van der Waals surface area contributed by atoms with Gasteiger partial charge in [0.1, 0.15) is 17.2 Å². The van der Waals surface area contributed by atoms with Crippen LogP contribution in [0.4, 0.5) is 20.6 Å². The molecule has 2 aliphatic heterocycles. The molecule has 176 valence electrons. The fourth-order valence-electron chi connectivity index (χ4n) is 5.15. The molecule has 0 fully saturated rings. The third-order valence-electron chi connectivity index (χ3n) is 6.65. The molecule has 0 aromatic heterocycles. The van der Waals surface area contributed by atoms with E-state index in [0.29, 0.717) is 36.3 Å². The Morgan fingerprint density at radius 1 is 1.15 bits per heavy atom. The van der Waals surface area contributed by atoms with E-state index in [1.54, 1.807) is 18.0 Å². The fourth-order valence-corrected chi connectivity index (χ4v) is 5.15. The zero-order chi connectivity index (χ0) is 23.6. The lowest BCUT2D eigenvalue weighted by Crippen LogP contribution is -2.46. The second kappa shape index (κ2) is 9.41. The highest BCUT2D eigenvalue weighted by Gasteiger charge is 2.40. The smallest absolute Gasteiger partial charge is 0.319 e. The van der Waals surface area contributed by atoms with Crippen LogP contribution in [-0.2, 0) is 11.2 Å². The number of hydrogen-bond acceptors (Lipinski definition) is 3. The predicted molar refractivity (Wildman–Crippen MR) is 127 cm³/mol. The van der Waals surface area contributed by atoms with Gasteiger partial charge in [0.15, 0.2) is 0 Å². The first kappa shape index (κ1) is 23.1. The number of halogens is 1. The van der Waals surface area contributed by atoms with Gasteiger partial charge in [-0.15, -0.1) is 0 Å². The lowest BCUT2D eigenvalue weighted by Gasteiger charge is -2.42. The number of nitrogens with one attached hydrogen (secondary N) is 2. The van der Waals surface area contributed by atoms with Crippen molar-refractivity contribution in [1.82, 2.24) is 5.32 Å². The number of carbonyl (C=O) groups excluding carboxylic acids is 2. The van der Waals surface area contributed by atoms with E-state index in [0.717, 1.165) is 36.9 Å². The average molecular weight is 454 g/mol. The van der Waals surface area contributed by atoms with Gasteiger partial charge in [0.2, 0.25) is 5.91 Å². The standard InChI is InChI=1S/C26H32FN3O3/c1-4-12-26(13-5-2)16-21(20-14-18(27)8-10-23(20)33-26)29-25(32)28-19-9-6-17-7-11-24(31)30(3)22(17)15-19/h6,8-10,14-15,21H,4-5,7,11-13,16H2,1-3H3,(H2,28,29,32)/t21-/m1/s1. The minimum atomic E-state index is -0.388. The van der Waals surface area contributed by atoms with Gasteiger partial charge in [0.05, 0.1) is 6.04 Å². The minimum Gasteiger partial charge on any atom is -0.487 e. The number of fused-ring (bicyclic) bond motifs is 2. The summed E-state index contributed by atoms with van der Waals surface area (Å²) in [5, 5.41) is 5.93. The third-order valence-corrected chi connectivity index (χ3v) is 6.65. The van der Waals surface area contributed by atoms with Crippen molar-refractivity contribution < 1.29 is 18.7 Å². The van der Waals surface area contributed by atoms with Gasteiger partial charge in [-0.1, -0.05) is 32.8 Å². The first-order chi connectivity index (χ1) is 15.8. The summed E-state index contributed by atoms with van der Waals surface area (Å²) in [7, 11) is 1.75. The van der Waals surface area contributed by atoms with Crippen molar-refractivity contribution in [3.63, 3.8) is 0 Å². The zero-order valence-electron chi connectivity index (χ0n) is 19.5. The van der Waals surface area contributed by atoms with E-state index in [4.69, 9.17) is 4.74 Å². The van der Waals surface area contributed by atoms with Crippen LogP contribution in [0.15, 0.2) is 36.4 Å². The van der Waals surface area contributed by atoms with Gasteiger partial charge >= 0.3 is 6.03 Å². The summed E-state index contributed by atoms with van der Waals surface area (Å²) in [6, 6.07) is 9.37. The lowest BCUT2D eigenvalue weighted by molar-refractivity contribution is -0.118. The van der Waals surface area contributed by atoms with Gasteiger partial charge in [-0.2, -0.15) is 0 Å². The quantitative estimate of drug-likeness (QED) is 0.588. The first-order valence-corrected chi connectivity index (χ1v) is 11.8. The van der Waals surface area contributed by atoms with Crippen molar-refractivity contribution in [3.05, 3.63) is 53.3 Å². The number of amides is 3. The van der Waals surface area contributed by atoms with E-state index < -0.39 is 0 Å². The highest BCUT2D eigenvalue weighted by molar-refractivity contribution is 5.97. The SMILES string of the molecule is CCCC1(CCC)C[C@@H](NC(=O)Nc2ccc3c(c2)N(C)C(=O)CC3)c2cc(F)ccc2O1. The van der Waals surface area contributed by atoms with E-state index in [2.05, 4.69) is 24.5 Å². The molecule has 2 N–H and O–H groups in total. The maximum Gasteiger partial charge on any atom is 0.319 e. The van der Waals surface area contributed by atoms with Crippen molar-refractivity contribution in [3.8, 4) is 5.75 Å². The molecule has 0 unspecified atom stereocenters. The summed E-state index contributed by atoms with van der Waals surface area (Å²) in [6.45, 7) is 4.24. The van der Waals surface area contributed by atoms with E-state index >= 15 is 0 Å². The Hall–Kier alpha value is -3.09. The summed E-state index contributed by atoms with van der Waals surface area (Å²) < 4.78 is 20.4. The molecule has 2 aliphatic rings. The molecule has 6 nitrogen and oxygen atoms in total. The highest BCUT2D eigenvalue weighted by atomic mass is 19.1. The molecule has 3 amide bonds. The van der Waals surface area contributed by atoms with E-state index in [1.165, 1.54) is 12.1 Å². The number of nitrogens with zero attached hydrogens (tertiary/aromatic N) is 1. The van der Waals surface area contributed by atoms with E-state index in [-0.39, 0.29) is 29.4 Å². The molecular formula is C26H32FN3O3. The van der Waals surface area contributed by atoms with Crippen LogP contribution in [0.3, 0.4) is 0 Å². The minimum absolute atomic E-state index is 0.0631. The maximum absolute atomic E-state index is 14.1. The highest BCUT2D eigenvalue weighted by Crippen LogP contribution is 2.44. The number of benzene rings is 2. The number of carbonyl (C=O) groups is 2. The largest absolute Gasteiger partial charge is 0.487 e. The van der Waals surface area contributed by atoms with Crippen molar-refractivity contribution in [2.45, 2.75) is 70.4 Å². The first-order valence-electron chi connectivity index (χ1n) is 11.8. The van der Waals surface area contributed by atoms with Crippen molar-refractivity contribution in [2.75, 3.05) is 17.3 Å². The number of urea groups is 1. The van der Waals surface area contributed by atoms with Crippen LogP contribution in [0.2, 0.25) is 0 Å². The summed E-state index contributed by atoms with van der Waals surface area (Å²) in [5.74, 6) is 0.335. The molecule has 0 radical (unpaired) electrons. The summed E-state index contributed by atoms with van der Waals surface area (Å²) in [4.78, 5) is 26.7. The topological polar surface area (TPSA) is 70.7 Å². The monoisotopic (exact) mass is 453 g/mol. The van der Waals surface area contributed by atoms with Crippen LogP contribution >= 0.6 is 0 Å². The average Bonchev–Trinajstić information content (AvgIpc) is 2.77. The van der Waals surface area contributed by atoms with Crippen molar-refractivity contribution in [1.29, 1.82) is 0 Å². The molecule has 0 aliphatic carbocycles. The Labute approximate surface area is 194 Å². The molecule has 2 aromatic rings. The Bertz CT molecular complexity index is 1050. The second-order valence-corrected chi connectivity index (χ2v) is 9.12. The van der Waals surface area contributed by atoms with Gasteiger partial charge in [0, 0.05) is 36.8 Å². The van der Waals surface area contributed by atoms with Gasteiger partial charge in [-0.05, 0) is 55.2 Å². The van der Waals surface area contributed by atoms with Crippen LogP contribution in [0.25, 0.3) is 0 Å². The van der Waals surface area contributed by atoms with Crippen LogP contribution in [0, 0.1) is 5.82 Å². The molecule has 33 heavy (non-hydrogen) atoms. The number of anilines is 2. The molecule has 1 atom stereocenters. The Kier molecular flexibility index (Phi) is 6.58. The molecule has 2 heterocycles. The van der Waals surface area contributed by atoms with Gasteiger partial charge in [-0.3, -0.25) is 4.79 Å². The summed E-state index contributed by atoms with van der Waals surface area (Å²) >= 11 is 0. The maximum atomic E-state index is 14.1. The van der Waals surface area contributed by atoms with Crippen LogP contribution in [0.5, 0.6) is 5.75 Å². The van der Waals surface area contributed by atoms with Crippen LogP contribution < -0.4 is 20.3 Å². The predicted octanol–water partition coefficient (Wildman–Crippen LogP) is 5.72. The van der Waals surface area contributed by atoms with Gasteiger partial charge < -0.3 is 20.3 Å². The molecule has 0 spiro atoms. The van der Waals surface area contributed by atoms with Gasteiger partial charge in [-0.25, -0.2) is 9.18 Å². The Morgan fingerprint density at radius 2 is 1.91 bits per heavy atom. The Morgan fingerprint density at radius 3 is 2.64 bits per heavy atom. The number of ether oxygens (including phenoxy) is 1. The van der Waals surface area contributed by atoms with Gasteiger partial charge in [0.25, 0.3) is 0 Å².